The molecule has 2 aromatic carbocycles. The van der Waals surface area contributed by atoms with Crippen LogP contribution in [0.15, 0.2) is 36.4 Å². The molecule has 3 rings (SSSR count). The van der Waals surface area contributed by atoms with Gasteiger partial charge in [0.05, 0.1) is 42.3 Å². The highest BCUT2D eigenvalue weighted by atomic mass is 35.5. The van der Waals surface area contributed by atoms with Crippen molar-refractivity contribution in [1.82, 2.24) is 5.32 Å². The number of ether oxygens (including phenoxy) is 2. The van der Waals surface area contributed by atoms with Gasteiger partial charge in [0.1, 0.15) is 5.75 Å². The molecule has 0 unspecified atom stereocenters. The third-order valence-corrected chi connectivity index (χ3v) is 5.06. The van der Waals surface area contributed by atoms with Crippen molar-refractivity contribution in [1.29, 1.82) is 0 Å². The van der Waals surface area contributed by atoms with Crippen molar-refractivity contribution in [2.24, 2.45) is 0 Å². The van der Waals surface area contributed by atoms with Crippen LogP contribution < -0.4 is 20.3 Å². The summed E-state index contributed by atoms with van der Waals surface area (Å²) in [6.45, 7) is 1.95. The number of amides is 1. The Bertz CT molecular complexity index is 982. The molecule has 1 aliphatic heterocycles. The van der Waals surface area contributed by atoms with E-state index in [0.717, 1.165) is 12.1 Å². The summed E-state index contributed by atoms with van der Waals surface area (Å²) in [6.07, 6.45) is -4.52. The van der Waals surface area contributed by atoms with Gasteiger partial charge in [0.15, 0.2) is 5.11 Å². The van der Waals surface area contributed by atoms with Gasteiger partial charge in [-0.1, -0.05) is 11.6 Å². The first kappa shape index (κ1) is 23.1. The van der Waals surface area contributed by atoms with Crippen LogP contribution in [0.3, 0.4) is 0 Å². The molecule has 0 aromatic heterocycles. The number of hydrogen-bond acceptors (Lipinski definition) is 5. The van der Waals surface area contributed by atoms with Crippen molar-refractivity contribution >= 4 is 46.2 Å². The fourth-order valence-electron chi connectivity index (χ4n) is 3.03. The molecule has 0 aliphatic carbocycles. The van der Waals surface area contributed by atoms with Gasteiger partial charge in [-0.05, 0) is 48.6 Å². The zero-order valence-electron chi connectivity index (χ0n) is 16.4. The van der Waals surface area contributed by atoms with Gasteiger partial charge in [0.25, 0.3) is 5.91 Å². The smallest absolute Gasteiger partial charge is 0.416 e. The first-order valence-corrected chi connectivity index (χ1v) is 9.97. The fraction of sp³-hybridized carbons (Fsp3) is 0.300. The van der Waals surface area contributed by atoms with E-state index in [4.69, 9.17) is 33.3 Å². The quantitative estimate of drug-likeness (QED) is 0.644. The van der Waals surface area contributed by atoms with E-state index in [9.17, 15) is 18.0 Å². The Morgan fingerprint density at radius 1 is 1.19 bits per heavy atom. The molecular weight excluding hydrogens is 455 g/mol. The first-order chi connectivity index (χ1) is 14.7. The molecule has 1 amide bonds. The lowest BCUT2D eigenvalue weighted by molar-refractivity contribution is -0.137. The summed E-state index contributed by atoms with van der Waals surface area (Å²) in [5.41, 5.74) is 0.0469. The van der Waals surface area contributed by atoms with Crippen LogP contribution in [0.1, 0.15) is 15.9 Å². The Morgan fingerprint density at radius 3 is 2.52 bits per heavy atom. The van der Waals surface area contributed by atoms with Crippen LogP contribution >= 0.6 is 23.8 Å². The standard InChI is InChI=1S/C20H19ClF3N3O3S/c1-29-17-5-2-12(10-14(17)21)18(28)26-19(31)25-15-11-13(20(22,23)24)3-4-16(15)27-6-8-30-9-7-27/h2-5,10-11H,6-9H2,1H3,(H2,25,26,28,31). The maximum atomic E-state index is 13.2. The molecule has 6 nitrogen and oxygen atoms in total. The SMILES string of the molecule is COc1ccc(C(=O)NC(=S)Nc2cc(C(F)(F)F)ccc2N2CCOCC2)cc1Cl. The number of anilines is 2. The highest BCUT2D eigenvalue weighted by Gasteiger charge is 2.31. The monoisotopic (exact) mass is 473 g/mol. The number of thiocarbonyl (C=S) groups is 1. The van der Waals surface area contributed by atoms with Crippen LogP contribution in [0, 0.1) is 0 Å². The van der Waals surface area contributed by atoms with Crippen molar-refractivity contribution < 1.29 is 27.4 Å². The molecule has 1 fully saturated rings. The number of nitrogens with one attached hydrogen (secondary N) is 2. The molecule has 31 heavy (non-hydrogen) atoms. The van der Waals surface area contributed by atoms with Crippen LogP contribution in [0.5, 0.6) is 5.75 Å². The maximum absolute atomic E-state index is 13.2. The Balaban J connectivity index is 1.80. The van der Waals surface area contributed by atoms with Gasteiger partial charge in [-0.15, -0.1) is 0 Å². The van der Waals surface area contributed by atoms with E-state index in [-0.39, 0.29) is 21.4 Å². The summed E-state index contributed by atoms with van der Waals surface area (Å²) < 4.78 is 50.0. The molecule has 2 N–H and O–H groups in total. The Labute approximate surface area is 187 Å². The summed E-state index contributed by atoms with van der Waals surface area (Å²) in [4.78, 5) is 14.4. The second-order valence-electron chi connectivity index (χ2n) is 6.59. The number of methoxy groups -OCH3 is 1. The lowest BCUT2D eigenvalue weighted by Crippen LogP contribution is -2.38. The zero-order chi connectivity index (χ0) is 22.6. The number of rotatable bonds is 4. The molecule has 0 radical (unpaired) electrons. The number of hydrogen-bond donors (Lipinski definition) is 2. The van der Waals surface area contributed by atoms with Gasteiger partial charge in [-0.25, -0.2) is 0 Å². The van der Waals surface area contributed by atoms with Crippen LogP contribution in [0.2, 0.25) is 5.02 Å². The van der Waals surface area contributed by atoms with Crippen LogP contribution in [-0.4, -0.2) is 44.4 Å². The van der Waals surface area contributed by atoms with E-state index in [0.29, 0.717) is 37.7 Å². The Morgan fingerprint density at radius 2 is 1.90 bits per heavy atom. The topological polar surface area (TPSA) is 62.8 Å². The number of benzene rings is 2. The summed E-state index contributed by atoms with van der Waals surface area (Å²) in [6, 6.07) is 7.78. The van der Waals surface area contributed by atoms with Crippen LogP contribution in [0.25, 0.3) is 0 Å². The molecular formula is C20H19ClF3N3O3S. The minimum Gasteiger partial charge on any atom is -0.495 e. The summed E-state index contributed by atoms with van der Waals surface area (Å²) in [5.74, 6) is -0.167. The van der Waals surface area contributed by atoms with Crippen LogP contribution in [0.4, 0.5) is 24.5 Å². The lowest BCUT2D eigenvalue weighted by Gasteiger charge is -2.31. The first-order valence-electron chi connectivity index (χ1n) is 9.19. The lowest BCUT2D eigenvalue weighted by atomic mass is 10.1. The normalized spacial score (nSPS) is 14.2. The van der Waals surface area contributed by atoms with E-state index in [2.05, 4.69) is 10.6 Å². The van der Waals surface area contributed by atoms with E-state index in [1.165, 1.54) is 31.4 Å². The van der Waals surface area contributed by atoms with E-state index >= 15 is 0 Å². The largest absolute Gasteiger partial charge is 0.495 e. The van der Waals surface area contributed by atoms with Gasteiger partial charge in [-0.3, -0.25) is 10.1 Å². The van der Waals surface area contributed by atoms with Gasteiger partial charge in [-0.2, -0.15) is 13.2 Å². The molecule has 1 heterocycles. The summed E-state index contributed by atoms with van der Waals surface area (Å²) in [5, 5.41) is 5.26. The zero-order valence-corrected chi connectivity index (χ0v) is 18.0. The predicted octanol–water partition coefficient (Wildman–Crippen LogP) is 4.33. The number of halogens is 4. The molecule has 0 atom stereocenters. The molecule has 0 bridgehead atoms. The van der Waals surface area contributed by atoms with Gasteiger partial charge >= 0.3 is 6.18 Å². The van der Waals surface area contributed by atoms with E-state index in [1.807, 2.05) is 4.90 Å². The van der Waals surface area contributed by atoms with Crippen molar-refractivity contribution in [3.63, 3.8) is 0 Å². The third-order valence-electron chi connectivity index (χ3n) is 4.56. The minimum absolute atomic E-state index is 0.134. The Kier molecular flexibility index (Phi) is 7.24. The van der Waals surface area contributed by atoms with Crippen LogP contribution in [-0.2, 0) is 10.9 Å². The van der Waals surface area contributed by atoms with Crippen molar-refractivity contribution in [2.75, 3.05) is 43.6 Å². The molecule has 0 saturated carbocycles. The molecule has 1 aliphatic rings. The second-order valence-corrected chi connectivity index (χ2v) is 7.40. The summed E-state index contributed by atoms with van der Waals surface area (Å²) in [7, 11) is 1.45. The van der Waals surface area contributed by atoms with Gasteiger partial charge in [0.2, 0.25) is 0 Å². The third kappa shape index (κ3) is 5.78. The molecule has 1 saturated heterocycles. The van der Waals surface area contributed by atoms with Gasteiger partial charge in [0, 0.05) is 18.7 Å². The fourth-order valence-corrected chi connectivity index (χ4v) is 3.49. The highest BCUT2D eigenvalue weighted by Crippen LogP contribution is 2.35. The van der Waals surface area contributed by atoms with Gasteiger partial charge < -0.3 is 19.7 Å². The summed E-state index contributed by atoms with van der Waals surface area (Å²) >= 11 is 11.2. The van der Waals surface area contributed by atoms with Crippen molar-refractivity contribution in [3.05, 3.63) is 52.5 Å². The average Bonchev–Trinajstić information content (AvgIpc) is 2.73. The Hall–Kier alpha value is -2.56. The highest BCUT2D eigenvalue weighted by molar-refractivity contribution is 7.80. The molecule has 0 spiro atoms. The number of alkyl halides is 3. The van der Waals surface area contributed by atoms with E-state index < -0.39 is 17.6 Å². The van der Waals surface area contributed by atoms with E-state index in [1.54, 1.807) is 0 Å². The number of morpholine rings is 1. The number of nitrogens with zero attached hydrogens (tertiary/aromatic N) is 1. The minimum atomic E-state index is -4.52. The molecule has 166 valence electrons. The number of carbonyl (C=O) groups is 1. The van der Waals surface area contributed by atoms with Crippen molar-refractivity contribution in [3.8, 4) is 5.75 Å². The second kappa shape index (κ2) is 9.71. The van der Waals surface area contributed by atoms with Crippen molar-refractivity contribution in [2.45, 2.75) is 6.18 Å². The number of carbonyl (C=O) groups excluding carboxylic acids is 1. The maximum Gasteiger partial charge on any atom is 0.416 e. The average molecular weight is 474 g/mol. The molecule has 2 aromatic rings. The molecule has 11 heteroatoms. The predicted molar refractivity (Wildman–Crippen MR) is 116 cm³/mol.